The van der Waals surface area contributed by atoms with Gasteiger partial charge in [0.2, 0.25) is 5.91 Å². The maximum absolute atomic E-state index is 12.7. The van der Waals surface area contributed by atoms with Crippen LogP contribution < -0.4 is 4.74 Å². The minimum Gasteiger partial charge on any atom is -0.490 e. The average Bonchev–Trinajstić information content (AvgIpc) is 3.19. The number of hydrogen-bond donors (Lipinski definition) is 1. The highest BCUT2D eigenvalue weighted by molar-refractivity contribution is 8.00. The molecule has 1 N–H and O–H groups in total. The van der Waals surface area contributed by atoms with E-state index >= 15 is 0 Å². The van der Waals surface area contributed by atoms with Crippen LogP contribution >= 0.6 is 11.8 Å². The van der Waals surface area contributed by atoms with Gasteiger partial charge in [-0.25, -0.2) is 4.98 Å². The van der Waals surface area contributed by atoms with E-state index in [1.54, 1.807) is 11.8 Å². The second-order valence-corrected chi connectivity index (χ2v) is 9.37. The predicted octanol–water partition coefficient (Wildman–Crippen LogP) is 5.04. The molecule has 2 aromatic carbocycles. The molecule has 1 unspecified atom stereocenters. The van der Waals surface area contributed by atoms with Crippen molar-refractivity contribution in [1.82, 2.24) is 14.9 Å². The van der Waals surface area contributed by atoms with Crippen LogP contribution in [0.3, 0.4) is 0 Å². The highest BCUT2D eigenvalue weighted by atomic mass is 32.2. The zero-order chi connectivity index (χ0) is 21.1. The van der Waals surface area contributed by atoms with Crippen molar-refractivity contribution >= 4 is 28.7 Å². The number of aryl methyl sites for hydroxylation is 2. The van der Waals surface area contributed by atoms with Gasteiger partial charge in [0.1, 0.15) is 17.7 Å². The van der Waals surface area contributed by atoms with Gasteiger partial charge in [-0.2, -0.15) is 0 Å². The first-order chi connectivity index (χ1) is 14.5. The first kappa shape index (κ1) is 20.8. The summed E-state index contributed by atoms with van der Waals surface area (Å²) in [6.07, 6.45) is 1.93. The summed E-state index contributed by atoms with van der Waals surface area (Å²) in [5.74, 6) is 2.53. The van der Waals surface area contributed by atoms with E-state index in [4.69, 9.17) is 4.74 Å². The summed E-state index contributed by atoms with van der Waals surface area (Å²) in [6.45, 7) is 7.82. The van der Waals surface area contributed by atoms with Crippen molar-refractivity contribution in [3.05, 3.63) is 59.4 Å². The van der Waals surface area contributed by atoms with Crippen LogP contribution in [0.25, 0.3) is 11.0 Å². The lowest BCUT2D eigenvalue weighted by atomic mass is 10.1. The van der Waals surface area contributed by atoms with E-state index in [0.29, 0.717) is 5.75 Å². The van der Waals surface area contributed by atoms with Crippen molar-refractivity contribution in [1.29, 1.82) is 0 Å². The van der Waals surface area contributed by atoms with Crippen LogP contribution in [0.1, 0.15) is 42.0 Å². The van der Waals surface area contributed by atoms with Crippen molar-refractivity contribution in [2.24, 2.45) is 0 Å². The molecule has 0 radical (unpaired) electrons. The Balaban J connectivity index is 1.24. The van der Waals surface area contributed by atoms with Crippen LogP contribution in [0.15, 0.2) is 42.5 Å². The van der Waals surface area contributed by atoms with E-state index in [0.717, 1.165) is 48.5 Å². The zero-order valence-corrected chi connectivity index (χ0v) is 18.7. The molecular formula is C24H29N3O2S. The van der Waals surface area contributed by atoms with E-state index in [1.807, 2.05) is 35.2 Å². The van der Waals surface area contributed by atoms with E-state index in [-0.39, 0.29) is 17.3 Å². The Morgan fingerprint density at radius 1 is 1.20 bits per heavy atom. The molecule has 1 amide bonds. The number of amides is 1. The lowest BCUT2D eigenvalue weighted by Crippen LogP contribution is -2.42. The maximum atomic E-state index is 12.7. The van der Waals surface area contributed by atoms with Crippen LogP contribution in [-0.4, -0.2) is 45.7 Å². The van der Waals surface area contributed by atoms with Crippen molar-refractivity contribution < 1.29 is 9.53 Å². The summed E-state index contributed by atoms with van der Waals surface area (Å²) in [5.41, 5.74) is 4.53. The Hall–Kier alpha value is -2.47. The molecule has 6 heteroatoms. The van der Waals surface area contributed by atoms with E-state index in [9.17, 15) is 4.79 Å². The molecule has 1 fully saturated rings. The van der Waals surface area contributed by atoms with E-state index < -0.39 is 0 Å². The molecule has 0 aliphatic carbocycles. The summed E-state index contributed by atoms with van der Waals surface area (Å²) < 4.78 is 6.15. The average molecular weight is 424 g/mol. The molecular weight excluding hydrogens is 394 g/mol. The van der Waals surface area contributed by atoms with Gasteiger partial charge in [0.25, 0.3) is 0 Å². The number of benzene rings is 2. The van der Waals surface area contributed by atoms with Gasteiger partial charge in [-0.3, -0.25) is 4.79 Å². The lowest BCUT2D eigenvalue weighted by molar-refractivity contribution is -0.130. The summed E-state index contributed by atoms with van der Waals surface area (Å²) in [4.78, 5) is 22.7. The number of ether oxygens (including phenoxy) is 1. The number of H-pyrrole nitrogens is 1. The molecule has 1 saturated heterocycles. The van der Waals surface area contributed by atoms with Gasteiger partial charge in [0.15, 0.2) is 0 Å². The third-order valence-electron chi connectivity index (χ3n) is 5.83. The number of carbonyl (C=O) groups excluding carboxylic acids is 1. The van der Waals surface area contributed by atoms with E-state index in [1.165, 1.54) is 11.1 Å². The Bertz CT molecular complexity index is 991. The molecule has 158 valence electrons. The molecule has 0 spiro atoms. The fraction of sp³-hybridized carbons (Fsp3) is 0.417. The molecule has 2 heterocycles. The first-order valence-corrected chi connectivity index (χ1v) is 11.6. The van der Waals surface area contributed by atoms with Gasteiger partial charge in [-0.1, -0.05) is 18.2 Å². The second-order valence-electron chi connectivity index (χ2n) is 8.04. The Kier molecular flexibility index (Phi) is 6.32. The van der Waals surface area contributed by atoms with Crippen molar-refractivity contribution in [2.45, 2.75) is 45.0 Å². The molecule has 5 nitrogen and oxygen atoms in total. The summed E-state index contributed by atoms with van der Waals surface area (Å²) in [7, 11) is 0. The third kappa shape index (κ3) is 4.81. The number of carbonyl (C=O) groups is 1. The molecule has 1 aliphatic heterocycles. The molecule has 0 bridgehead atoms. The van der Waals surface area contributed by atoms with Gasteiger partial charge in [0.05, 0.1) is 22.0 Å². The SMILES string of the molecule is Cc1ccc(OC2CCN(C(=O)CSC(C)c3nc4ccccc4[nH]3)CC2)cc1C. The maximum Gasteiger partial charge on any atom is 0.232 e. The number of imidazole rings is 1. The lowest BCUT2D eigenvalue weighted by Gasteiger charge is -2.32. The number of aromatic amines is 1. The zero-order valence-electron chi connectivity index (χ0n) is 17.9. The Morgan fingerprint density at radius 2 is 1.97 bits per heavy atom. The van der Waals surface area contributed by atoms with Gasteiger partial charge >= 0.3 is 0 Å². The Morgan fingerprint density at radius 3 is 2.70 bits per heavy atom. The minimum atomic E-state index is 0.145. The summed E-state index contributed by atoms with van der Waals surface area (Å²) >= 11 is 1.64. The largest absolute Gasteiger partial charge is 0.490 e. The fourth-order valence-electron chi connectivity index (χ4n) is 3.73. The number of hydrogen-bond acceptors (Lipinski definition) is 4. The van der Waals surface area contributed by atoms with Crippen LogP contribution in [0.4, 0.5) is 0 Å². The van der Waals surface area contributed by atoms with Gasteiger partial charge in [-0.05, 0) is 56.2 Å². The smallest absolute Gasteiger partial charge is 0.232 e. The fourth-order valence-corrected chi connectivity index (χ4v) is 4.58. The molecule has 3 aromatic rings. The quantitative estimate of drug-likeness (QED) is 0.603. The standard InChI is InChI=1S/C24H29N3O2S/c1-16-8-9-20(14-17(16)2)29-19-10-12-27(13-11-19)23(28)15-30-18(3)24-25-21-6-4-5-7-22(21)26-24/h4-9,14,18-19H,10-13,15H2,1-3H3,(H,25,26). The van der Waals surface area contributed by atoms with Gasteiger partial charge in [-0.15, -0.1) is 11.8 Å². The predicted molar refractivity (Wildman–Crippen MR) is 123 cm³/mol. The topological polar surface area (TPSA) is 58.2 Å². The molecule has 30 heavy (non-hydrogen) atoms. The summed E-state index contributed by atoms with van der Waals surface area (Å²) in [6, 6.07) is 14.3. The molecule has 1 aromatic heterocycles. The number of nitrogens with zero attached hydrogens (tertiary/aromatic N) is 2. The van der Waals surface area contributed by atoms with Crippen molar-refractivity contribution in [3.63, 3.8) is 0 Å². The number of likely N-dealkylation sites (tertiary alicyclic amines) is 1. The third-order valence-corrected chi connectivity index (χ3v) is 6.96. The van der Waals surface area contributed by atoms with Crippen LogP contribution in [0.2, 0.25) is 0 Å². The number of para-hydroxylation sites is 2. The minimum absolute atomic E-state index is 0.145. The van der Waals surface area contributed by atoms with Crippen LogP contribution in [0, 0.1) is 13.8 Å². The first-order valence-electron chi connectivity index (χ1n) is 10.6. The highest BCUT2D eigenvalue weighted by Crippen LogP contribution is 2.28. The normalized spacial score (nSPS) is 16.0. The van der Waals surface area contributed by atoms with Gasteiger partial charge in [0, 0.05) is 25.9 Å². The molecule has 1 aliphatic rings. The molecule has 4 rings (SSSR count). The van der Waals surface area contributed by atoms with Crippen molar-refractivity contribution in [2.75, 3.05) is 18.8 Å². The van der Waals surface area contributed by atoms with E-state index in [2.05, 4.69) is 42.9 Å². The van der Waals surface area contributed by atoms with Gasteiger partial charge < -0.3 is 14.6 Å². The number of fused-ring (bicyclic) bond motifs is 1. The number of nitrogens with one attached hydrogen (secondary N) is 1. The number of rotatable bonds is 6. The number of aromatic nitrogens is 2. The number of thioether (sulfide) groups is 1. The molecule has 1 atom stereocenters. The van der Waals surface area contributed by atoms with Crippen LogP contribution in [-0.2, 0) is 4.79 Å². The monoisotopic (exact) mass is 423 g/mol. The Labute approximate surface area is 182 Å². The molecule has 0 saturated carbocycles. The van der Waals surface area contributed by atoms with Crippen molar-refractivity contribution in [3.8, 4) is 5.75 Å². The van der Waals surface area contributed by atoms with Crippen LogP contribution in [0.5, 0.6) is 5.75 Å². The highest BCUT2D eigenvalue weighted by Gasteiger charge is 2.24. The number of piperidine rings is 1. The second kappa shape index (κ2) is 9.13. The summed E-state index contributed by atoms with van der Waals surface area (Å²) in [5, 5.41) is 0.145.